The van der Waals surface area contributed by atoms with Gasteiger partial charge in [0, 0.05) is 23.7 Å². The minimum Gasteiger partial charge on any atom is -0.368 e. The molecular weight excluding hydrogens is 300 g/mol. The molecule has 24 heavy (non-hydrogen) atoms. The van der Waals surface area contributed by atoms with E-state index in [-0.39, 0.29) is 5.41 Å². The van der Waals surface area contributed by atoms with Crippen molar-refractivity contribution in [2.45, 2.75) is 32.8 Å². The Morgan fingerprint density at radius 1 is 0.833 bits per heavy atom. The highest BCUT2D eigenvalue weighted by molar-refractivity contribution is 5.75. The van der Waals surface area contributed by atoms with Gasteiger partial charge in [0.2, 0.25) is 0 Å². The van der Waals surface area contributed by atoms with E-state index in [1.807, 2.05) is 48.5 Å². The molecule has 0 saturated carbocycles. The highest BCUT2D eigenvalue weighted by Crippen LogP contribution is 2.49. The summed E-state index contributed by atoms with van der Waals surface area (Å²) < 4.78 is 6.14. The average Bonchev–Trinajstić information content (AvgIpc) is 2.63. The molecule has 0 unspecified atom stereocenters. The molecule has 2 rings (SSSR count). The Bertz CT molecular complexity index is 645. The Hall–Kier alpha value is -2.26. The minimum absolute atomic E-state index is 0.201. The third-order valence-corrected chi connectivity index (χ3v) is 5.05. The maximum atomic E-state index is 11.0. The Kier molecular flexibility index (Phi) is 5.35. The number of benzene rings is 2. The summed E-state index contributed by atoms with van der Waals surface area (Å²) in [4.78, 5) is 21.9. The number of ether oxygens (including phenoxy) is 1. The Balaban J connectivity index is 2.71. The van der Waals surface area contributed by atoms with E-state index < -0.39 is 5.60 Å². The van der Waals surface area contributed by atoms with Gasteiger partial charge in [-0.2, -0.15) is 0 Å². The molecule has 0 aliphatic heterocycles. The van der Waals surface area contributed by atoms with Gasteiger partial charge in [0.05, 0.1) is 0 Å². The van der Waals surface area contributed by atoms with Crippen LogP contribution in [0.3, 0.4) is 0 Å². The van der Waals surface area contributed by atoms with Crippen LogP contribution in [-0.2, 0) is 10.3 Å². The van der Waals surface area contributed by atoms with Crippen molar-refractivity contribution in [3.05, 3.63) is 70.8 Å². The number of aldehydes is 2. The summed E-state index contributed by atoms with van der Waals surface area (Å²) in [6.07, 6.45) is 2.57. The molecule has 0 aliphatic rings. The molecule has 2 aromatic carbocycles. The third kappa shape index (κ3) is 2.92. The Morgan fingerprint density at radius 3 is 1.46 bits per heavy atom. The van der Waals surface area contributed by atoms with E-state index in [9.17, 15) is 9.59 Å². The first-order chi connectivity index (χ1) is 11.4. The van der Waals surface area contributed by atoms with Gasteiger partial charge in [-0.25, -0.2) is 0 Å². The fourth-order valence-corrected chi connectivity index (χ4v) is 3.30. The van der Waals surface area contributed by atoms with Crippen LogP contribution in [0.1, 0.15) is 59.0 Å². The van der Waals surface area contributed by atoms with Gasteiger partial charge in [-0.3, -0.25) is 9.59 Å². The smallest absolute Gasteiger partial charge is 0.150 e. The van der Waals surface area contributed by atoms with Crippen LogP contribution in [0.25, 0.3) is 0 Å². The molecule has 2 aromatic rings. The van der Waals surface area contributed by atoms with E-state index in [1.165, 1.54) is 0 Å². The van der Waals surface area contributed by atoms with Crippen molar-refractivity contribution >= 4 is 12.6 Å². The molecule has 0 fully saturated rings. The summed E-state index contributed by atoms with van der Waals surface area (Å²) in [6, 6.07) is 15.0. The summed E-state index contributed by atoms with van der Waals surface area (Å²) >= 11 is 0. The first-order valence-electron chi connectivity index (χ1n) is 8.11. The predicted octanol–water partition coefficient (Wildman–Crippen LogP) is 4.64. The molecule has 0 saturated heterocycles. The molecule has 0 N–H and O–H groups in total. The van der Waals surface area contributed by atoms with Crippen LogP contribution < -0.4 is 0 Å². The summed E-state index contributed by atoms with van der Waals surface area (Å²) in [7, 11) is 1.71. The molecule has 0 aromatic heterocycles. The molecule has 0 amide bonds. The lowest BCUT2D eigenvalue weighted by atomic mass is 9.65. The molecule has 0 heterocycles. The number of hydrogen-bond donors (Lipinski definition) is 0. The second-order valence-corrected chi connectivity index (χ2v) is 6.60. The van der Waals surface area contributed by atoms with E-state index in [0.717, 1.165) is 30.1 Å². The second kappa shape index (κ2) is 7.10. The standard InChI is InChI=1S/C21H24O3/c1-5-20(2,3)21(24-4,18-10-6-16(14-22)7-11-18)19-12-8-17(15-23)9-13-19/h6-15H,5H2,1-4H3. The van der Waals surface area contributed by atoms with Gasteiger partial charge < -0.3 is 4.74 Å². The van der Waals surface area contributed by atoms with Crippen LogP contribution >= 0.6 is 0 Å². The first kappa shape index (κ1) is 18.1. The van der Waals surface area contributed by atoms with Gasteiger partial charge in [0.25, 0.3) is 0 Å². The summed E-state index contributed by atoms with van der Waals surface area (Å²) in [5.41, 5.74) is 2.36. The Labute approximate surface area is 143 Å². The van der Waals surface area contributed by atoms with Crippen molar-refractivity contribution < 1.29 is 14.3 Å². The zero-order chi connectivity index (χ0) is 17.8. The molecule has 0 atom stereocenters. The molecule has 0 aliphatic carbocycles. The first-order valence-corrected chi connectivity index (χ1v) is 8.11. The van der Waals surface area contributed by atoms with Crippen LogP contribution in [0.2, 0.25) is 0 Å². The molecule has 0 spiro atoms. The fraction of sp³-hybridized carbons (Fsp3) is 0.333. The minimum atomic E-state index is -0.676. The van der Waals surface area contributed by atoms with Gasteiger partial charge in [0.1, 0.15) is 18.2 Å². The normalized spacial score (nSPS) is 12.0. The topological polar surface area (TPSA) is 43.4 Å². The number of rotatable bonds is 7. The summed E-state index contributed by atoms with van der Waals surface area (Å²) in [5.74, 6) is 0. The zero-order valence-corrected chi connectivity index (χ0v) is 14.7. The lowest BCUT2D eigenvalue weighted by molar-refractivity contribution is -0.0750. The van der Waals surface area contributed by atoms with Crippen LogP contribution in [0.5, 0.6) is 0 Å². The van der Waals surface area contributed by atoms with Gasteiger partial charge in [0.15, 0.2) is 0 Å². The predicted molar refractivity (Wildman–Crippen MR) is 95.5 cm³/mol. The van der Waals surface area contributed by atoms with E-state index in [0.29, 0.717) is 11.1 Å². The number of carbonyl (C=O) groups excluding carboxylic acids is 2. The van der Waals surface area contributed by atoms with Gasteiger partial charge >= 0.3 is 0 Å². The monoisotopic (exact) mass is 324 g/mol. The van der Waals surface area contributed by atoms with E-state index in [2.05, 4.69) is 20.8 Å². The van der Waals surface area contributed by atoms with Crippen molar-refractivity contribution in [1.29, 1.82) is 0 Å². The zero-order valence-electron chi connectivity index (χ0n) is 14.7. The number of hydrogen-bond acceptors (Lipinski definition) is 3. The van der Waals surface area contributed by atoms with Crippen molar-refractivity contribution in [1.82, 2.24) is 0 Å². The quantitative estimate of drug-likeness (QED) is 0.697. The maximum absolute atomic E-state index is 11.0. The van der Waals surface area contributed by atoms with Gasteiger partial charge in [-0.15, -0.1) is 0 Å². The van der Waals surface area contributed by atoms with Crippen LogP contribution in [0.15, 0.2) is 48.5 Å². The van der Waals surface area contributed by atoms with Gasteiger partial charge in [-0.05, 0) is 17.5 Å². The van der Waals surface area contributed by atoms with Crippen molar-refractivity contribution in [2.75, 3.05) is 7.11 Å². The van der Waals surface area contributed by atoms with Crippen molar-refractivity contribution in [2.24, 2.45) is 5.41 Å². The van der Waals surface area contributed by atoms with E-state index in [4.69, 9.17) is 4.74 Å². The molecule has 0 bridgehead atoms. The molecule has 3 nitrogen and oxygen atoms in total. The fourth-order valence-electron chi connectivity index (χ4n) is 3.30. The molecular formula is C21H24O3. The van der Waals surface area contributed by atoms with E-state index in [1.54, 1.807) is 7.11 Å². The number of carbonyl (C=O) groups is 2. The molecule has 3 heteroatoms. The molecule has 0 radical (unpaired) electrons. The lowest BCUT2D eigenvalue weighted by Crippen LogP contribution is -2.44. The average molecular weight is 324 g/mol. The van der Waals surface area contributed by atoms with Crippen LogP contribution in [0, 0.1) is 5.41 Å². The highest BCUT2D eigenvalue weighted by Gasteiger charge is 2.47. The second-order valence-electron chi connectivity index (χ2n) is 6.60. The lowest BCUT2D eigenvalue weighted by Gasteiger charge is -2.46. The third-order valence-electron chi connectivity index (χ3n) is 5.05. The van der Waals surface area contributed by atoms with Crippen molar-refractivity contribution in [3.8, 4) is 0 Å². The largest absolute Gasteiger partial charge is 0.368 e. The highest BCUT2D eigenvalue weighted by atomic mass is 16.5. The molecule has 126 valence electrons. The SMILES string of the molecule is CCC(C)(C)C(OC)(c1ccc(C=O)cc1)c1ccc(C=O)cc1. The number of methoxy groups -OCH3 is 1. The maximum Gasteiger partial charge on any atom is 0.150 e. The van der Waals surface area contributed by atoms with Crippen molar-refractivity contribution in [3.63, 3.8) is 0 Å². The summed E-state index contributed by atoms with van der Waals surface area (Å²) in [5, 5.41) is 0. The van der Waals surface area contributed by atoms with Gasteiger partial charge in [-0.1, -0.05) is 69.3 Å². The Morgan fingerprint density at radius 2 is 1.21 bits per heavy atom. The van der Waals surface area contributed by atoms with Crippen LogP contribution in [0.4, 0.5) is 0 Å². The van der Waals surface area contributed by atoms with E-state index >= 15 is 0 Å². The van der Waals surface area contributed by atoms with Crippen LogP contribution in [-0.4, -0.2) is 19.7 Å². The summed E-state index contributed by atoms with van der Waals surface area (Å²) in [6.45, 7) is 6.46.